The van der Waals surface area contributed by atoms with Crippen molar-refractivity contribution in [2.24, 2.45) is 7.05 Å². The third kappa shape index (κ3) is 3.23. The molecule has 2 aromatic heterocycles. The van der Waals surface area contributed by atoms with Crippen LogP contribution in [-0.4, -0.2) is 21.1 Å². The molecule has 2 rings (SSSR count). The van der Waals surface area contributed by atoms with E-state index in [9.17, 15) is 4.79 Å². The van der Waals surface area contributed by atoms with Crippen LogP contribution in [0.15, 0.2) is 17.6 Å². The van der Waals surface area contributed by atoms with Gasteiger partial charge < -0.3 is 9.30 Å². The van der Waals surface area contributed by atoms with Crippen molar-refractivity contribution in [3.63, 3.8) is 0 Å². The van der Waals surface area contributed by atoms with Gasteiger partial charge in [-0.3, -0.25) is 0 Å². The molecule has 0 N–H and O–H groups in total. The largest absolute Gasteiger partial charge is 0.455 e. The first kappa shape index (κ1) is 13.8. The maximum absolute atomic E-state index is 12.1. The summed E-state index contributed by atoms with van der Waals surface area (Å²) in [6.07, 6.45) is 1.90. The number of esters is 1. The topological polar surface area (TPSA) is 44.1 Å². The molecular weight excluding hydrogens is 260 g/mol. The van der Waals surface area contributed by atoms with E-state index in [0.717, 1.165) is 16.3 Å². The normalized spacial score (nSPS) is 11.6. The smallest absolute Gasteiger partial charge is 0.355 e. The number of aryl methyl sites for hydroxylation is 2. The molecule has 0 aromatic carbocycles. The molecule has 19 heavy (non-hydrogen) atoms. The molecule has 0 fully saturated rings. The van der Waals surface area contributed by atoms with Gasteiger partial charge in [0.15, 0.2) is 0 Å². The van der Waals surface area contributed by atoms with E-state index in [4.69, 9.17) is 4.74 Å². The molecule has 2 heterocycles. The van der Waals surface area contributed by atoms with E-state index in [-0.39, 0.29) is 5.97 Å². The predicted molar refractivity (Wildman–Crippen MR) is 76.4 cm³/mol. The summed E-state index contributed by atoms with van der Waals surface area (Å²) in [6, 6.07) is 1.82. The van der Waals surface area contributed by atoms with Crippen molar-refractivity contribution in [3.05, 3.63) is 28.3 Å². The quantitative estimate of drug-likeness (QED) is 0.791. The minimum atomic E-state index is -0.487. The van der Waals surface area contributed by atoms with E-state index in [0.29, 0.717) is 5.69 Å². The molecule has 0 spiro atoms. The summed E-state index contributed by atoms with van der Waals surface area (Å²) in [4.78, 5) is 16.5. The molecule has 5 heteroatoms. The standard InChI is InChI=1S/C14H18N2O2S/c1-9-15-11(8-19-9)10-6-12(16(5)7-10)13(17)18-14(2,3)4/h6-8H,1-5H3. The fraction of sp³-hybridized carbons (Fsp3) is 0.429. The van der Waals surface area contributed by atoms with Crippen LogP contribution in [0.2, 0.25) is 0 Å². The fourth-order valence-corrected chi connectivity index (χ4v) is 2.36. The number of carbonyl (C=O) groups is 1. The van der Waals surface area contributed by atoms with Gasteiger partial charge in [0, 0.05) is 24.2 Å². The summed E-state index contributed by atoms with van der Waals surface area (Å²) in [5.41, 5.74) is 1.88. The summed E-state index contributed by atoms with van der Waals surface area (Å²) in [6.45, 7) is 7.54. The van der Waals surface area contributed by atoms with Gasteiger partial charge in [-0.05, 0) is 33.8 Å². The first-order valence-electron chi connectivity index (χ1n) is 6.08. The van der Waals surface area contributed by atoms with Crippen molar-refractivity contribution >= 4 is 17.3 Å². The van der Waals surface area contributed by atoms with E-state index in [2.05, 4.69) is 4.98 Å². The average Bonchev–Trinajstić information content (AvgIpc) is 2.82. The minimum absolute atomic E-state index is 0.312. The molecule has 4 nitrogen and oxygen atoms in total. The molecule has 102 valence electrons. The van der Waals surface area contributed by atoms with Crippen LogP contribution < -0.4 is 0 Å². The van der Waals surface area contributed by atoms with Gasteiger partial charge >= 0.3 is 5.97 Å². The molecule has 2 aromatic rings. The number of ether oxygens (including phenoxy) is 1. The first-order chi connectivity index (χ1) is 8.76. The number of carbonyl (C=O) groups excluding carboxylic acids is 1. The van der Waals surface area contributed by atoms with Crippen LogP contribution >= 0.6 is 11.3 Å². The zero-order valence-electron chi connectivity index (χ0n) is 11.9. The number of nitrogens with zero attached hydrogens (tertiary/aromatic N) is 2. The van der Waals surface area contributed by atoms with Crippen LogP contribution in [0.3, 0.4) is 0 Å². The molecule has 0 radical (unpaired) electrons. The van der Waals surface area contributed by atoms with Crippen LogP contribution in [0.4, 0.5) is 0 Å². The monoisotopic (exact) mass is 278 g/mol. The minimum Gasteiger partial charge on any atom is -0.455 e. The van der Waals surface area contributed by atoms with Crippen molar-refractivity contribution in [3.8, 4) is 11.3 Å². The summed E-state index contributed by atoms with van der Waals surface area (Å²) in [5, 5.41) is 3.00. The van der Waals surface area contributed by atoms with Crippen LogP contribution in [-0.2, 0) is 11.8 Å². The average molecular weight is 278 g/mol. The first-order valence-corrected chi connectivity index (χ1v) is 6.96. The third-order valence-corrected chi connectivity index (χ3v) is 3.30. The van der Waals surface area contributed by atoms with Crippen LogP contribution in [0.5, 0.6) is 0 Å². The Hall–Kier alpha value is -1.62. The molecule has 0 bridgehead atoms. The van der Waals surface area contributed by atoms with E-state index >= 15 is 0 Å². The highest BCUT2D eigenvalue weighted by molar-refractivity contribution is 7.09. The summed E-state index contributed by atoms with van der Waals surface area (Å²) >= 11 is 1.60. The maximum atomic E-state index is 12.1. The molecule has 0 aliphatic carbocycles. The maximum Gasteiger partial charge on any atom is 0.355 e. The van der Waals surface area contributed by atoms with Crippen LogP contribution in [0, 0.1) is 6.92 Å². The Kier molecular flexibility index (Phi) is 3.49. The Morgan fingerprint density at radius 2 is 2.11 bits per heavy atom. The molecule has 0 aliphatic rings. The molecule has 0 amide bonds. The van der Waals surface area contributed by atoms with Crippen LogP contribution in [0.1, 0.15) is 36.3 Å². The van der Waals surface area contributed by atoms with E-state index < -0.39 is 5.60 Å². The van der Waals surface area contributed by atoms with Crippen molar-refractivity contribution in [1.82, 2.24) is 9.55 Å². The molecule has 0 saturated carbocycles. The lowest BCUT2D eigenvalue weighted by molar-refractivity contribution is 0.00590. The fourth-order valence-electron chi connectivity index (χ4n) is 1.73. The van der Waals surface area contributed by atoms with Gasteiger partial charge in [-0.25, -0.2) is 9.78 Å². The summed E-state index contributed by atoms with van der Waals surface area (Å²) < 4.78 is 7.16. The van der Waals surface area contributed by atoms with Gasteiger partial charge in [0.2, 0.25) is 0 Å². The van der Waals surface area contributed by atoms with Gasteiger partial charge in [0.25, 0.3) is 0 Å². The number of hydrogen-bond acceptors (Lipinski definition) is 4. The number of aromatic nitrogens is 2. The number of thiazole rings is 1. The van der Waals surface area contributed by atoms with Gasteiger partial charge in [0.1, 0.15) is 11.3 Å². The zero-order valence-corrected chi connectivity index (χ0v) is 12.7. The number of rotatable bonds is 2. The number of hydrogen-bond donors (Lipinski definition) is 0. The zero-order chi connectivity index (χ0) is 14.2. The molecule has 0 atom stereocenters. The SMILES string of the molecule is Cc1nc(-c2cc(C(=O)OC(C)(C)C)n(C)c2)cs1. The Labute approximate surface area is 117 Å². The Morgan fingerprint density at radius 1 is 1.42 bits per heavy atom. The lowest BCUT2D eigenvalue weighted by Gasteiger charge is -2.19. The highest BCUT2D eigenvalue weighted by Gasteiger charge is 2.21. The van der Waals surface area contributed by atoms with E-state index in [1.54, 1.807) is 15.9 Å². The van der Waals surface area contributed by atoms with Crippen LogP contribution in [0.25, 0.3) is 11.3 Å². The highest BCUT2D eigenvalue weighted by atomic mass is 32.1. The third-order valence-electron chi connectivity index (χ3n) is 2.53. The summed E-state index contributed by atoms with van der Waals surface area (Å²) in [7, 11) is 1.84. The van der Waals surface area contributed by atoms with E-state index in [1.165, 1.54) is 0 Å². The van der Waals surface area contributed by atoms with Gasteiger partial charge in [-0.2, -0.15) is 0 Å². The molecular formula is C14H18N2O2S. The highest BCUT2D eigenvalue weighted by Crippen LogP contribution is 2.24. The lowest BCUT2D eigenvalue weighted by Crippen LogP contribution is -2.25. The van der Waals surface area contributed by atoms with E-state index in [1.807, 2.05) is 52.4 Å². The van der Waals surface area contributed by atoms with Crippen molar-refractivity contribution in [1.29, 1.82) is 0 Å². The second-order valence-corrected chi connectivity index (χ2v) is 6.54. The predicted octanol–water partition coefficient (Wildman–Crippen LogP) is 3.41. The van der Waals surface area contributed by atoms with Gasteiger partial charge in [-0.1, -0.05) is 0 Å². The second kappa shape index (κ2) is 4.81. The Balaban J connectivity index is 2.29. The molecule has 0 aliphatic heterocycles. The molecule has 0 unspecified atom stereocenters. The van der Waals surface area contributed by atoms with Crippen molar-refractivity contribution in [2.45, 2.75) is 33.3 Å². The second-order valence-electron chi connectivity index (χ2n) is 5.48. The van der Waals surface area contributed by atoms with Crippen molar-refractivity contribution < 1.29 is 9.53 Å². The Bertz CT molecular complexity index is 605. The van der Waals surface area contributed by atoms with Gasteiger partial charge in [0.05, 0.1) is 10.7 Å². The summed E-state index contributed by atoms with van der Waals surface area (Å²) in [5.74, 6) is -0.312. The lowest BCUT2D eigenvalue weighted by atomic mass is 10.2. The van der Waals surface area contributed by atoms with Gasteiger partial charge in [-0.15, -0.1) is 11.3 Å². The van der Waals surface area contributed by atoms with Crippen molar-refractivity contribution in [2.75, 3.05) is 0 Å². The Morgan fingerprint density at radius 3 is 2.63 bits per heavy atom. The molecule has 0 saturated heterocycles.